The van der Waals surface area contributed by atoms with Gasteiger partial charge in [0.2, 0.25) is 17.7 Å². The lowest BCUT2D eigenvalue weighted by atomic mass is 10.0. The number of nitrogens with one attached hydrogen (secondary N) is 4. The molecular formula is C26H39N5O6. The van der Waals surface area contributed by atoms with Gasteiger partial charge in [-0.25, -0.2) is 4.79 Å². The van der Waals surface area contributed by atoms with E-state index in [-0.39, 0.29) is 24.7 Å². The average Bonchev–Trinajstić information content (AvgIpc) is 3.23. The minimum Gasteiger partial charge on any atom is -0.480 e. The summed E-state index contributed by atoms with van der Waals surface area (Å²) in [5, 5.41) is 27.8. The van der Waals surface area contributed by atoms with E-state index in [0.29, 0.717) is 6.42 Å². The second-order valence-corrected chi connectivity index (χ2v) is 10.1. The molecular weight excluding hydrogens is 478 g/mol. The van der Waals surface area contributed by atoms with Crippen LogP contribution in [0.3, 0.4) is 0 Å². The Morgan fingerprint density at radius 1 is 0.865 bits per heavy atom. The van der Waals surface area contributed by atoms with E-state index in [9.17, 15) is 29.4 Å². The Morgan fingerprint density at radius 2 is 1.43 bits per heavy atom. The van der Waals surface area contributed by atoms with Gasteiger partial charge in [0, 0.05) is 23.5 Å². The van der Waals surface area contributed by atoms with Crippen molar-refractivity contribution in [1.29, 1.82) is 0 Å². The van der Waals surface area contributed by atoms with E-state index in [1.807, 2.05) is 52.0 Å². The number of fused-ring (bicyclic) bond motifs is 1. The van der Waals surface area contributed by atoms with Gasteiger partial charge in [-0.2, -0.15) is 0 Å². The molecule has 0 aliphatic heterocycles. The fraction of sp³-hybridized carbons (Fsp3) is 0.538. The lowest BCUT2D eigenvalue weighted by Gasteiger charge is -2.25. The largest absolute Gasteiger partial charge is 0.480 e. The van der Waals surface area contributed by atoms with Crippen LogP contribution >= 0.6 is 0 Å². The molecule has 3 amide bonds. The van der Waals surface area contributed by atoms with Crippen LogP contribution in [-0.2, 0) is 25.6 Å². The Bertz CT molecular complexity index is 1080. The molecule has 8 N–H and O–H groups in total. The Labute approximate surface area is 216 Å². The van der Waals surface area contributed by atoms with Crippen molar-refractivity contribution in [1.82, 2.24) is 20.9 Å². The second kappa shape index (κ2) is 13.8. The Balaban J connectivity index is 2.11. The molecule has 4 unspecified atom stereocenters. The molecule has 4 atom stereocenters. The van der Waals surface area contributed by atoms with Crippen molar-refractivity contribution in [2.45, 2.75) is 71.1 Å². The number of aliphatic carboxylic acids is 1. The van der Waals surface area contributed by atoms with Crippen molar-refractivity contribution >= 4 is 34.6 Å². The van der Waals surface area contributed by atoms with Crippen LogP contribution < -0.4 is 21.7 Å². The fourth-order valence-corrected chi connectivity index (χ4v) is 4.06. The van der Waals surface area contributed by atoms with Crippen LogP contribution in [0.4, 0.5) is 0 Å². The van der Waals surface area contributed by atoms with Crippen LogP contribution in [0.25, 0.3) is 10.9 Å². The maximum Gasteiger partial charge on any atom is 0.326 e. The third-order valence-corrected chi connectivity index (χ3v) is 5.93. The summed E-state index contributed by atoms with van der Waals surface area (Å²) in [5.41, 5.74) is 7.44. The summed E-state index contributed by atoms with van der Waals surface area (Å²) in [4.78, 5) is 53.4. The number of carboxylic acids is 1. The molecule has 11 nitrogen and oxygen atoms in total. The van der Waals surface area contributed by atoms with E-state index in [4.69, 9.17) is 5.73 Å². The standard InChI is InChI=1S/C26H39N5O6/c1-14(2)9-18(27)23(33)31-22(13-32)25(35)29-20(10-15(3)4)24(34)30-21(26(36)37)11-16-12-28-19-8-6-5-7-17(16)19/h5-8,12,14-15,18,20-22,28,32H,9-11,13,27H2,1-4H3,(H,29,35)(H,30,34)(H,31,33)(H,36,37). The first-order valence-electron chi connectivity index (χ1n) is 12.5. The van der Waals surface area contributed by atoms with Crippen LogP contribution in [0.5, 0.6) is 0 Å². The molecule has 0 aliphatic carbocycles. The number of carboxylic acid groups (broad SMARTS) is 1. The Morgan fingerprint density at radius 3 is 2.03 bits per heavy atom. The molecule has 0 aliphatic rings. The van der Waals surface area contributed by atoms with Gasteiger partial charge in [0.25, 0.3) is 0 Å². The second-order valence-electron chi connectivity index (χ2n) is 10.1. The molecule has 0 saturated heterocycles. The highest BCUT2D eigenvalue weighted by Crippen LogP contribution is 2.19. The zero-order chi connectivity index (χ0) is 27.7. The van der Waals surface area contributed by atoms with Crippen LogP contribution in [-0.4, -0.2) is 69.7 Å². The van der Waals surface area contributed by atoms with Crippen LogP contribution in [0, 0.1) is 11.8 Å². The third kappa shape index (κ3) is 8.87. The summed E-state index contributed by atoms with van der Waals surface area (Å²) in [6.07, 6.45) is 2.36. The minimum absolute atomic E-state index is 0.0189. The van der Waals surface area contributed by atoms with Crippen molar-refractivity contribution < 1.29 is 29.4 Å². The van der Waals surface area contributed by atoms with Gasteiger partial charge in [-0.15, -0.1) is 0 Å². The van der Waals surface area contributed by atoms with Crippen molar-refractivity contribution in [2.75, 3.05) is 6.61 Å². The first-order valence-corrected chi connectivity index (χ1v) is 12.5. The molecule has 0 fully saturated rings. The lowest BCUT2D eigenvalue weighted by molar-refractivity contribution is -0.142. The predicted molar refractivity (Wildman–Crippen MR) is 139 cm³/mol. The number of hydrogen-bond acceptors (Lipinski definition) is 6. The van der Waals surface area contributed by atoms with Crippen LogP contribution in [0.2, 0.25) is 0 Å². The van der Waals surface area contributed by atoms with Gasteiger partial charge >= 0.3 is 5.97 Å². The van der Waals surface area contributed by atoms with E-state index in [0.717, 1.165) is 16.5 Å². The zero-order valence-electron chi connectivity index (χ0n) is 21.8. The number of carbonyl (C=O) groups excluding carboxylic acids is 3. The number of para-hydroxylation sites is 1. The highest BCUT2D eigenvalue weighted by atomic mass is 16.4. The number of amides is 3. The highest BCUT2D eigenvalue weighted by molar-refractivity contribution is 5.94. The number of rotatable bonds is 14. The molecule has 2 aromatic rings. The van der Waals surface area contributed by atoms with Gasteiger partial charge < -0.3 is 36.9 Å². The van der Waals surface area contributed by atoms with Gasteiger partial charge in [0.15, 0.2) is 0 Å². The van der Waals surface area contributed by atoms with Crippen LogP contribution in [0.1, 0.15) is 46.1 Å². The Hall–Kier alpha value is -3.44. The number of aliphatic hydroxyl groups excluding tert-OH is 1. The van der Waals surface area contributed by atoms with Gasteiger partial charge in [-0.05, 0) is 36.3 Å². The lowest BCUT2D eigenvalue weighted by Crippen LogP contribution is -2.58. The molecule has 0 spiro atoms. The topological polar surface area (TPSA) is 187 Å². The van der Waals surface area contributed by atoms with Gasteiger partial charge in [-0.3, -0.25) is 14.4 Å². The number of H-pyrrole nitrogens is 1. The van der Waals surface area contributed by atoms with Crippen molar-refractivity contribution in [3.05, 3.63) is 36.0 Å². The average molecular weight is 518 g/mol. The van der Waals surface area contributed by atoms with E-state index in [1.165, 1.54) is 0 Å². The van der Waals surface area contributed by atoms with Crippen LogP contribution in [0.15, 0.2) is 30.5 Å². The summed E-state index contributed by atoms with van der Waals surface area (Å²) in [6.45, 7) is 6.82. The number of aromatic amines is 1. The molecule has 11 heteroatoms. The monoisotopic (exact) mass is 517 g/mol. The van der Waals surface area contributed by atoms with Crippen molar-refractivity contribution in [3.63, 3.8) is 0 Å². The molecule has 2 rings (SSSR count). The van der Waals surface area contributed by atoms with Gasteiger partial charge in [0.05, 0.1) is 12.6 Å². The predicted octanol–water partition coefficient (Wildman–Crippen LogP) is 0.661. The number of hydrogen-bond donors (Lipinski definition) is 7. The quantitative estimate of drug-likeness (QED) is 0.192. The number of aliphatic hydroxyl groups is 1. The Kier molecular flexibility index (Phi) is 11.1. The molecule has 0 saturated carbocycles. The molecule has 37 heavy (non-hydrogen) atoms. The summed E-state index contributed by atoms with van der Waals surface area (Å²) in [5.74, 6) is -3.10. The summed E-state index contributed by atoms with van der Waals surface area (Å²) < 4.78 is 0. The molecule has 1 heterocycles. The van der Waals surface area contributed by atoms with E-state index < -0.39 is 54.5 Å². The van der Waals surface area contributed by atoms with E-state index in [2.05, 4.69) is 20.9 Å². The maximum atomic E-state index is 13.1. The van der Waals surface area contributed by atoms with E-state index in [1.54, 1.807) is 6.20 Å². The molecule has 1 aromatic heterocycles. The first kappa shape index (κ1) is 29.8. The molecule has 1 aromatic carbocycles. The van der Waals surface area contributed by atoms with Crippen molar-refractivity contribution in [3.8, 4) is 0 Å². The van der Waals surface area contributed by atoms with Gasteiger partial charge in [0.1, 0.15) is 18.1 Å². The normalized spacial score (nSPS) is 14.7. The summed E-state index contributed by atoms with van der Waals surface area (Å²) in [7, 11) is 0. The fourth-order valence-electron chi connectivity index (χ4n) is 4.06. The number of carbonyl (C=O) groups is 4. The number of nitrogens with two attached hydrogens (primary N) is 1. The molecule has 0 bridgehead atoms. The zero-order valence-corrected chi connectivity index (χ0v) is 21.8. The van der Waals surface area contributed by atoms with E-state index >= 15 is 0 Å². The smallest absolute Gasteiger partial charge is 0.326 e. The highest BCUT2D eigenvalue weighted by Gasteiger charge is 2.31. The summed E-state index contributed by atoms with van der Waals surface area (Å²) >= 11 is 0. The van der Waals surface area contributed by atoms with Gasteiger partial charge in [-0.1, -0.05) is 45.9 Å². The minimum atomic E-state index is -1.31. The first-order chi connectivity index (χ1) is 17.4. The number of aromatic nitrogens is 1. The SMILES string of the molecule is CC(C)CC(N)C(=O)NC(CO)C(=O)NC(CC(C)C)C(=O)NC(Cc1c[nH]c2ccccc12)C(=O)O. The molecule has 204 valence electrons. The third-order valence-electron chi connectivity index (χ3n) is 5.93. The summed E-state index contributed by atoms with van der Waals surface area (Å²) in [6, 6.07) is 2.96. The van der Waals surface area contributed by atoms with Crippen molar-refractivity contribution in [2.24, 2.45) is 17.6 Å². The molecule has 0 radical (unpaired) electrons. The maximum absolute atomic E-state index is 13.1. The number of benzene rings is 1.